The van der Waals surface area contributed by atoms with Crippen molar-refractivity contribution in [2.24, 2.45) is 0 Å². The van der Waals surface area contributed by atoms with Gasteiger partial charge in [-0.15, -0.1) is 0 Å². The first-order chi connectivity index (χ1) is 14.1. The van der Waals surface area contributed by atoms with Crippen LogP contribution in [0.5, 0.6) is 0 Å². The second-order valence-corrected chi connectivity index (χ2v) is 7.66. The number of hydrogen-bond donors (Lipinski definition) is 1. The van der Waals surface area contributed by atoms with Gasteiger partial charge >= 0.3 is 0 Å². The van der Waals surface area contributed by atoms with Crippen LogP contribution in [0.4, 0.5) is 4.39 Å². The van der Waals surface area contributed by atoms with Gasteiger partial charge in [-0.3, -0.25) is 9.69 Å². The Bertz CT molecular complexity index is 999. The van der Waals surface area contributed by atoms with Gasteiger partial charge in [-0.2, -0.15) is 0 Å². The Hall–Kier alpha value is -2.73. The summed E-state index contributed by atoms with van der Waals surface area (Å²) in [4.78, 5) is 19.4. The number of aromatic nitrogens is 2. The monoisotopic (exact) mass is 394 g/mol. The molecule has 0 aliphatic carbocycles. The van der Waals surface area contributed by atoms with Crippen molar-refractivity contribution in [3.8, 4) is 0 Å². The van der Waals surface area contributed by atoms with Gasteiger partial charge in [0.1, 0.15) is 11.6 Å². The number of amides is 1. The normalized spacial score (nSPS) is 17.1. The zero-order chi connectivity index (χ0) is 20.2. The number of para-hydroxylation sites is 2. The summed E-state index contributed by atoms with van der Waals surface area (Å²) in [5.41, 5.74) is 2.78. The van der Waals surface area contributed by atoms with Crippen molar-refractivity contribution in [2.75, 3.05) is 13.1 Å². The molecule has 5 nitrogen and oxygen atoms in total. The molecule has 1 fully saturated rings. The van der Waals surface area contributed by atoms with Gasteiger partial charge in [-0.1, -0.05) is 30.3 Å². The van der Waals surface area contributed by atoms with E-state index in [1.54, 1.807) is 12.1 Å². The predicted molar refractivity (Wildman–Crippen MR) is 112 cm³/mol. The molecule has 1 amide bonds. The topological polar surface area (TPSA) is 50.2 Å². The summed E-state index contributed by atoms with van der Waals surface area (Å²) >= 11 is 0. The molecule has 1 N–H and O–H groups in total. The second-order valence-electron chi connectivity index (χ2n) is 7.66. The van der Waals surface area contributed by atoms with Gasteiger partial charge in [0.15, 0.2) is 0 Å². The van der Waals surface area contributed by atoms with Gasteiger partial charge in [-0.25, -0.2) is 9.37 Å². The van der Waals surface area contributed by atoms with E-state index in [1.165, 1.54) is 6.07 Å². The molecule has 2 heterocycles. The zero-order valence-electron chi connectivity index (χ0n) is 16.8. The molecule has 6 heteroatoms. The molecular formula is C23H27FN4O. The Kier molecular flexibility index (Phi) is 5.90. The number of hydrogen-bond acceptors (Lipinski definition) is 3. The van der Waals surface area contributed by atoms with Crippen LogP contribution < -0.4 is 5.32 Å². The van der Waals surface area contributed by atoms with E-state index in [9.17, 15) is 9.18 Å². The lowest BCUT2D eigenvalue weighted by molar-refractivity contribution is -0.125. The molecule has 1 saturated heterocycles. The molecule has 3 aromatic rings. The van der Waals surface area contributed by atoms with Gasteiger partial charge in [-0.05, 0) is 50.9 Å². The van der Waals surface area contributed by atoms with Crippen molar-refractivity contribution >= 4 is 16.9 Å². The molecule has 152 valence electrons. The molecule has 2 aromatic carbocycles. The number of aryl methyl sites for hydroxylation is 2. The first-order valence-corrected chi connectivity index (χ1v) is 10.3. The highest BCUT2D eigenvalue weighted by Gasteiger charge is 2.30. The molecule has 1 aliphatic heterocycles. The number of carbonyl (C=O) groups excluding carboxylic acids is 1. The Labute approximate surface area is 170 Å². The van der Waals surface area contributed by atoms with Crippen LogP contribution in [-0.4, -0.2) is 39.5 Å². The molecule has 0 radical (unpaired) electrons. The third kappa shape index (κ3) is 4.32. The van der Waals surface area contributed by atoms with Crippen LogP contribution in [-0.2, 0) is 17.9 Å². The standard InChI is InChI=1S/C23H27FN4O/c1-17-26-20-10-4-5-11-21(20)28(17)15-7-13-25-23(29)22-12-6-14-27(22)16-18-8-2-3-9-19(18)24/h2-5,8-11,22H,6-7,12-16H2,1H3,(H,25,29). The summed E-state index contributed by atoms with van der Waals surface area (Å²) in [6.45, 7) is 4.75. The number of fused-ring (bicyclic) bond motifs is 1. The maximum atomic E-state index is 14.0. The van der Waals surface area contributed by atoms with Crippen LogP contribution in [0.2, 0.25) is 0 Å². The largest absolute Gasteiger partial charge is 0.355 e. The van der Waals surface area contributed by atoms with Crippen LogP contribution in [0.25, 0.3) is 11.0 Å². The van der Waals surface area contributed by atoms with Gasteiger partial charge in [0.2, 0.25) is 5.91 Å². The number of rotatable bonds is 7. The number of likely N-dealkylation sites (tertiary alicyclic amines) is 1. The first-order valence-electron chi connectivity index (χ1n) is 10.3. The molecule has 1 atom stereocenters. The van der Waals surface area contributed by atoms with E-state index < -0.39 is 0 Å². The van der Waals surface area contributed by atoms with Crippen molar-refractivity contribution in [1.82, 2.24) is 19.8 Å². The lowest BCUT2D eigenvalue weighted by atomic mass is 10.1. The van der Waals surface area contributed by atoms with Gasteiger partial charge in [0.05, 0.1) is 17.1 Å². The summed E-state index contributed by atoms with van der Waals surface area (Å²) in [5.74, 6) is 0.830. The highest BCUT2D eigenvalue weighted by Crippen LogP contribution is 2.21. The van der Waals surface area contributed by atoms with Crippen molar-refractivity contribution in [3.63, 3.8) is 0 Å². The second kappa shape index (κ2) is 8.74. The lowest BCUT2D eigenvalue weighted by Crippen LogP contribution is -2.43. The van der Waals surface area contributed by atoms with E-state index in [0.29, 0.717) is 18.7 Å². The van der Waals surface area contributed by atoms with E-state index in [4.69, 9.17) is 0 Å². The minimum atomic E-state index is -0.207. The Morgan fingerprint density at radius 3 is 2.86 bits per heavy atom. The third-order valence-corrected chi connectivity index (χ3v) is 5.70. The Morgan fingerprint density at radius 2 is 2.00 bits per heavy atom. The van der Waals surface area contributed by atoms with Crippen LogP contribution >= 0.6 is 0 Å². The maximum absolute atomic E-state index is 14.0. The van der Waals surface area contributed by atoms with Crippen molar-refractivity contribution in [2.45, 2.75) is 45.3 Å². The number of nitrogens with zero attached hydrogens (tertiary/aromatic N) is 3. The fraction of sp³-hybridized carbons (Fsp3) is 0.391. The van der Waals surface area contributed by atoms with Gasteiger partial charge in [0, 0.05) is 25.2 Å². The number of benzene rings is 2. The van der Waals surface area contributed by atoms with Crippen LogP contribution in [0.3, 0.4) is 0 Å². The first kappa shape index (κ1) is 19.6. The smallest absolute Gasteiger partial charge is 0.237 e. The highest BCUT2D eigenvalue weighted by atomic mass is 19.1. The average Bonchev–Trinajstić information content (AvgIpc) is 3.31. The molecule has 0 saturated carbocycles. The van der Waals surface area contributed by atoms with Crippen molar-refractivity contribution in [3.05, 3.63) is 65.7 Å². The molecule has 1 aromatic heterocycles. The van der Waals surface area contributed by atoms with Crippen molar-refractivity contribution < 1.29 is 9.18 Å². The maximum Gasteiger partial charge on any atom is 0.237 e. The zero-order valence-corrected chi connectivity index (χ0v) is 16.8. The fourth-order valence-corrected chi connectivity index (χ4v) is 4.20. The fourth-order valence-electron chi connectivity index (χ4n) is 4.20. The minimum absolute atomic E-state index is 0.0473. The van der Waals surface area contributed by atoms with Crippen LogP contribution in [0.15, 0.2) is 48.5 Å². The van der Waals surface area contributed by atoms with Gasteiger partial charge in [0.25, 0.3) is 0 Å². The summed E-state index contributed by atoms with van der Waals surface area (Å²) in [6.07, 6.45) is 2.63. The lowest BCUT2D eigenvalue weighted by Gasteiger charge is -2.24. The Morgan fingerprint density at radius 1 is 1.21 bits per heavy atom. The molecule has 4 rings (SSSR count). The Balaban J connectivity index is 1.30. The minimum Gasteiger partial charge on any atom is -0.355 e. The molecule has 0 spiro atoms. The number of imidazole rings is 1. The van der Waals surface area contributed by atoms with Crippen LogP contribution in [0.1, 0.15) is 30.7 Å². The summed E-state index contributed by atoms with van der Waals surface area (Å²) in [5, 5.41) is 3.08. The van der Waals surface area contributed by atoms with E-state index in [2.05, 4.69) is 25.8 Å². The summed E-state index contributed by atoms with van der Waals surface area (Å²) in [7, 11) is 0. The quantitative estimate of drug-likeness (QED) is 0.623. The third-order valence-electron chi connectivity index (χ3n) is 5.70. The molecule has 0 bridgehead atoms. The van der Waals surface area contributed by atoms with E-state index in [1.807, 2.05) is 31.2 Å². The molecule has 1 unspecified atom stereocenters. The summed E-state index contributed by atoms with van der Waals surface area (Å²) < 4.78 is 16.2. The van der Waals surface area contributed by atoms with Crippen LogP contribution in [0, 0.1) is 12.7 Å². The van der Waals surface area contributed by atoms with Gasteiger partial charge < -0.3 is 9.88 Å². The molecule has 1 aliphatic rings. The highest BCUT2D eigenvalue weighted by molar-refractivity contribution is 5.82. The average molecular weight is 394 g/mol. The van der Waals surface area contributed by atoms with Crippen molar-refractivity contribution in [1.29, 1.82) is 0 Å². The number of carbonyl (C=O) groups is 1. The summed E-state index contributed by atoms with van der Waals surface area (Å²) in [6, 6.07) is 14.7. The molecular weight excluding hydrogens is 367 g/mol. The van der Waals surface area contributed by atoms with E-state index >= 15 is 0 Å². The predicted octanol–water partition coefficient (Wildman–Crippen LogP) is 3.65. The molecule has 29 heavy (non-hydrogen) atoms. The van der Waals surface area contributed by atoms with E-state index in [-0.39, 0.29) is 17.8 Å². The number of nitrogens with one attached hydrogen (secondary N) is 1. The SMILES string of the molecule is Cc1nc2ccccc2n1CCCNC(=O)C1CCCN1Cc1ccccc1F. The van der Waals surface area contributed by atoms with E-state index in [0.717, 1.165) is 49.2 Å². The number of halogens is 1.